The van der Waals surface area contributed by atoms with Gasteiger partial charge in [0.25, 0.3) is 5.91 Å². The second kappa shape index (κ2) is 3.84. The van der Waals surface area contributed by atoms with Gasteiger partial charge in [-0.25, -0.2) is 10.2 Å². The molecule has 12 heavy (non-hydrogen) atoms. The van der Waals surface area contributed by atoms with Crippen LogP contribution in [0.25, 0.3) is 0 Å². The van der Waals surface area contributed by atoms with E-state index in [0.717, 1.165) is 0 Å². The molecule has 1 heterocycles. The lowest BCUT2D eigenvalue weighted by atomic mass is 10.4. The maximum absolute atomic E-state index is 10.5. The zero-order chi connectivity index (χ0) is 8.97. The van der Waals surface area contributed by atoms with Crippen molar-refractivity contribution in [1.82, 2.24) is 10.9 Å². The van der Waals surface area contributed by atoms with E-state index in [0.29, 0.717) is 0 Å². The van der Waals surface area contributed by atoms with Gasteiger partial charge in [0.05, 0.1) is 0 Å². The third-order valence-corrected chi connectivity index (χ3v) is 1.15. The number of hydrogen-bond donors (Lipinski definition) is 3. The maximum Gasteiger partial charge on any atom is 0.329 e. The Bertz CT molecular complexity index is 226. The summed E-state index contributed by atoms with van der Waals surface area (Å²) in [6.45, 7) is -0.405. The SMILES string of the molecule is O=C(O)COC1C=CC(=O)NN1. The van der Waals surface area contributed by atoms with Crippen molar-refractivity contribution in [2.75, 3.05) is 6.61 Å². The zero-order valence-corrected chi connectivity index (χ0v) is 6.11. The van der Waals surface area contributed by atoms with E-state index in [1.165, 1.54) is 12.2 Å². The number of aliphatic carboxylic acids is 1. The van der Waals surface area contributed by atoms with E-state index in [4.69, 9.17) is 9.84 Å². The summed E-state index contributed by atoms with van der Waals surface area (Å²) in [4.78, 5) is 20.6. The average Bonchev–Trinajstić information content (AvgIpc) is 2.03. The minimum atomic E-state index is -1.05. The molecular weight excluding hydrogens is 164 g/mol. The van der Waals surface area contributed by atoms with Crippen molar-refractivity contribution in [1.29, 1.82) is 0 Å². The fraction of sp³-hybridized carbons (Fsp3) is 0.333. The molecule has 0 aliphatic carbocycles. The van der Waals surface area contributed by atoms with Crippen molar-refractivity contribution in [2.24, 2.45) is 0 Å². The van der Waals surface area contributed by atoms with E-state index in [9.17, 15) is 9.59 Å². The summed E-state index contributed by atoms with van der Waals surface area (Å²) < 4.78 is 4.78. The van der Waals surface area contributed by atoms with Crippen LogP contribution in [0.2, 0.25) is 0 Å². The normalized spacial score (nSPS) is 22.0. The molecule has 0 fully saturated rings. The molecule has 0 aromatic rings. The fourth-order valence-corrected chi connectivity index (χ4v) is 0.665. The highest BCUT2D eigenvalue weighted by Crippen LogP contribution is 1.92. The molecule has 0 radical (unpaired) electrons. The predicted molar refractivity (Wildman–Crippen MR) is 37.8 cm³/mol. The van der Waals surface area contributed by atoms with E-state index < -0.39 is 18.8 Å². The van der Waals surface area contributed by atoms with Crippen LogP contribution in [0.5, 0.6) is 0 Å². The van der Waals surface area contributed by atoms with Crippen molar-refractivity contribution in [2.45, 2.75) is 6.23 Å². The van der Waals surface area contributed by atoms with Crippen LogP contribution in [0.1, 0.15) is 0 Å². The summed E-state index contributed by atoms with van der Waals surface area (Å²) in [5.74, 6) is -1.34. The summed E-state index contributed by atoms with van der Waals surface area (Å²) in [6.07, 6.45) is 2.13. The molecule has 1 amide bonds. The third-order valence-electron chi connectivity index (χ3n) is 1.15. The van der Waals surface area contributed by atoms with Crippen LogP contribution < -0.4 is 10.9 Å². The second-order valence-corrected chi connectivity index (χ2v) is 2.12. The molecule has 1 aliphatic rings. The molecule has 6 heteroatoms. The van der Waals surface area contributed by atoms with Crippen LogP contribution in [0.3, 0.4) is 0 Å². The third kappa shape index (κ3) is 2.69. The number of hydrogen-bond acceptors (Lipinski definition) is 4. The number of hydrazine groups is 1. The predicted octanol–water partition coefficient (Wildman–Crippen LogP) is -1.40. The highest BCUT2D eigenvalue weighted by molar-refractivity contribution is 5.87. The maximum atomic E-state index is 10.5. The summed E-state index contributed by atoms with van der Waals surface area (Å²) in [5, 5.41) is 8.23. The van der Waals surface area contributed by atoms with Gasteiger partial charge < -0.3 is 9.84 Å². The van der Waals surface area contributed by atoms with Crippen molar-refractivity contribution in [3.8, 4) is 0 Å². The Kier molecular flexibility index (Phi) is 2.78. The first-order valence-electron chi connectivity index (χ1n) is 3.25. The summed E-state index contributed by atoms with van der Waals surface area (Å²) in [6, 6.07) is 0. The van der Waals surface area contributed by atoms with Crippen LogP contribution in [-0.4, -0.2) is 29.8 Å². The minimum absolute atomic E-state index is 0.287. The standard InChI is InChI=1S/C6H8N2O4/c9-4-1-2-5(8-7-4)12-3-6(10)11/h1-2,5,8H,3H2,(H,7,9)(H,10,11). The number of carboxylic acid groups (broad SMARTS) is 1. The van der Waals surface area contributed by atoms with Gasteiger partial charge in [0.2, 0.25) is 0 Å². The molecule has 66 valence electrons. The number of carboxylic acids is 1. The van der Waals surface area contributed by atoms with Crippen molar-refractivity contribution in [3.05, 3.63) is 12.2 Å². The van der Waals surface area contributed by atoms with Crippen molar-refractivity contribution < 1.29 is 19.4 Å². The lowest BCUT2D eigenvalue weighted by molar-refractivity contribution is -0.144. The van der Waals surface area contributed by atoms with Gasteiger partial charge in [-0.2, -0.15) is 0 Å². The first-order valence-corrected chi connectivity index (χ1v) is 3.25. The number of amides is 1. The van der Waals surface area contributed by atoms with E-state index in [-0.39, 0.29) is 5.91 Å². The van der Waals surface area contributed by atoms with Gasteiger partial charge in [-0.3, -0.25) is 10.2 Å². The van der Waals surface area contributed by atoms with E-state index >= 15 is 0 Å². The number of carbonyl (C=O) groups is 2. The number of ether oxygens (including phenoxy) is 1. The molecule has 1 unspecified atom stereocenters. The Hall–Kier alpha value is -1.40. The topological polar surface area (TPSA) is 87.7 Å². The van der Waals surface area contributed by atoms with E-state index in [1.54, 1.807) is 0 Å². The molecule has 0 spiro atoms. The van der Waals surface area contributed by atoms with Crippen LogP contribution >= 0.6 is 0 Å². The average molecular weight is 172 g/mol. The Morgan fingerprint density at radius 1 is 1.75 bits per heavy atom. The number of nitrogens with one attached hydrogen (secondary N) is 2. The Morgan fingerprint density at radius 2 is 2.50 bits per heavy atom. The monoisotopic (exact) mass is 172 g/mol. The number of carbonyl (C=O) groups excluding carboxylic acids is 1. The molecule has 1 aliphatic heterocycles. The first-order chi connectivity index (χ1) is 5.68. The van der Waals surface area contributed by atoms with Gasteiger partial charge >= 0.3 is 5.97 Å². The highest BCUT2D eigenvalue weighted by atomic mass is 16.5. The summed E-state index contributed by atoms with van der Waals surface area (Å²) in [5.41, 5.74) is 4.71. The molecule has 3 N–H and O–H groups in total. The van der Waals surface area contributed by atoms with Crippen molar-refractivity contribution >= 4 is 11.9 Å². The molecule has 0 saturated carbocycles. The van der Waals surface area contributed by atoms with Gasteiger partial charge in [0.1, 0.15) is 12.8 Å². The summed E-state index contributed by atoms with van der Waals surface area (Å²) >= 11 is 0. The first kappa shape index (κ1) is 8.69. The Labute approximate surface area is 68.2 Å². The Balaban J connectivity index is 2.30. The highest BCUT2D eigenvalue weighted by Gasteiger charge is 2.11. The van der Waals surface area contributed by atoms with Gasteiger partial charge in [0, 0.05) is 6.08 Å². The smallest absolute Gasteiger partial charge is 0.329 e. The van der Waals surface area contributed by atoms with Crippen LogP contribution in [0.15, 0.2) is 12.2 Å². The molecular formula is C6H8N2O4. The molecule has 0 saturated heterocycles. The van der Waals surface area contributed by atoms with Crippen molar-refractivity contribution in [3.63, 3.8) is 0 Å². The molecule has 6 nitrogen and oxygen atoms in total. The van der Waals surface area contributed by atoms with Gasteiger partial charge in [0.15, 0.2) is 0 Å². The van der Waals surface area contributed by atoms with Gasteiger partial charge in [-0.15, -0.1) is 0 Å². The zero-order valence-electron chi connectivity index (χ0n) is 6.11. The van der Waals surface area contributed by atoms with E-state index in [2.05, 4.69) is 10.9 Å². The molecule has 1 atom stereocenters. The van der Waals surface area contributed by atoms with E-state index in [1.807, 2.05) is 0 Å². The molecule has 1 rings (SSSR count). The van der Waals surface area contributed by atoms with Crippen LogP contribution in [0, 0.1) is 0 Å². The molecule has 0 bridgehead atoms. The summed E-state index contributed by atoms with van der Waals surface area (Å²) in [7, 11) is 0. The van der Waals surface area contributed by atoms with Crippen LogP contribution in [-0.2, 0) is 14.3 Å². The molecule has 0 aromatic heterocycles. The van der Waals surface area contributed by atoms with Crippen LogP contribution in [0.4, 0.5) is 0 Å². The largest absolute Gasteiger partial charge is 0.480 e. The number of rotatable bonds is 3. The quantitative estimate of drug-likeness (QED) is 0.487. The minimum Gasteiger partial charge on any atom is -0.480 e. The Morgan fingerprint density at radius 3 is 3.00 bits per heavy atom. The molecule has 0 aromatic carbocycles. The second-order valence-electron chi connectivity index (χ2n) is 2.12. The lowest BCUT2D eigenvalue weighted by Gasteiger charge is -2.18. The van der Waals surface area contributed by atoms with Gasteiger partial charge in [-0.1, -0.05) is 0 Å². The lowest BCUT2D eigenvalue weighted by Crippen LogP contribution is -2.47. The van der Waals surface area contributed by atoms with Gasteiger partial charge in [-0.05, 0) is 6.08 Å². The fourth-order valence-electron chi connectivity index (χ4n) is 0.665.